The molecule has 0 heterocycles. The average molecular weight is 240 g/mol. The molecule has 1 aromatic carbocycles. The molecule has 0 aromatic heterocycles. The highest BCUT2D eigenvalue weighted by Gasteiger charge is 2.32. The standard InChI is InChI=1S/C11H14BFO4/c1-16-6-17-9-5-4-8(7-2-3-7)11(13)10(9)12(14)15/h4-5,7,14-15H,2-3,6H2,1H3. The fourth-order valence-electron chi connectivity index (χ4n) is 1.79. The zero-order valence-corrected chi connectivity index (χ0v) is 9.52. The van der Waals surface area contributed by atoms with Crippen LogP contribution in [0.25, 0.3) is 0 Å². The van der Waals surface area contributed by atoms with E-state index in [1.807, 2.05) is 0 Å². The first kappa shape index (κ1) is 12.4. The van der Waals surface area contributed by atoms with Crippen molar-refractivity contribution in [1.29, 1.82) is 0 Å². The van der Waals surface area contributed by atoms with Crippen LogP contribution in [0.5, 0.6) is 5.75 Å². The fourth-order valence-corrected chi connectivity index (χ4v) is 1.79. The van der Waals surface area contributed by atoms with Crippen LogP contribution in [0, 0.1) is 5.82 Å². The molecule has 1 aliphatic rings. The second kappa shape index (κ2) is 5.04. The van der Waals surface area contributed by atoms with Gasteiger partial charge in [0.05, 0.1) is 5.46 Å². The predicted octanol–water partition coefficient (Wildman–Crippen LogP) is 0.366. The van der Waals surface area contributed by atoms with Crippen LogP contribution in [0.15, 0.2) is 12.1 Å². The number of hydrogen-bond acceptors (Lipinski definition) is 4. The van der Waals surface area contributed by atoms with Gasteiger partial charge in [-0.1, -0.05) is 6.07 Å². The van der Waals surface area contributed by atoms with Crippen LogP contribution in [0.1, 0.15) is 24.3 Å². The molecule has 0 unspecified atom stereocenters. The monoisotopic (exact) mass is 240 g/mol. The number of halogens is 1. The minimum Gasteiger partial charge on any atom is -0.468 e. The molecule has 0 aliphatic heterocycles. The molecule has 0 spiro atoms. The summed E-state index contributed by atoms with van der Waals surface area (Å²) in [6.45, 7) is -0.0675. The van der Waals surface area contributed by atoms with Crippen molar-refractivity contribution >= 4 is 12.6 Å². The second-order valence-electron chi connectivity index (χ2n) is 4.08. The predicted molar refractivity (Wildman–Crippen MR) is 60.7 cm³/mol. The van der Waals surface area contributed by atoms with Gasteiger partial charge >= 0.3 is 7.12 Å². The first-order valence-corrected chi connectivity index (χ1v) is 5.45. The van der Waals surface area contributed by atoms with E-state index in [-0.39, 0.29) is 23.9 Å². The normalized spacial score (nSPS) is 14.8. The maximum Gasteiger partial charge on any atom is 0.495 e. The Kier molecular flexibility index (Phi) is 3.66. The van der Waals surface area contributed by atoms with Gasteiger partial charge in [0.2, 0.25) is 0 Å². The van der Waals surface area contributed by atoms with Crippen molar-refractivity contribution in [2.75, 3.05) is 13.9 Å². The van der Waals surface area contributed by atoms with Crippen molar-refractivity contribution in [3.63, 3.8) is 0 Å². The van der Waals surface area contributed by atoms with Gasteiger partial charge in [0.25, 0.3) is 0 Å². The molecule has 1 fully saturated rings. The number of methoxy groups -OCH3 is 1. The molecule has 0 amide bonds. The summed E-state index contributed by atoms with van der Waals surface area (Å²) in [6, 6.07) is 3.18. The smallest absolute Gasteiger partial charge is 0.468 e. The Hall–Kier alpha value is -1.11. The quantitative estimate of drug-likeness (QED) is 0.576. The highest BCUT2D eigenvalue weighted by atomic mass is 19.1. The third-order valence-corrected chi connectivity index (χ3v) is 2.78. The first-order valence-electron chi connectivity index (χ1n) is 5.45. The lowest BCUT2D eigenvalue weighted by molar-refractivity contribution is 0.0515. The van der Waals surface area contributed by atoms with Crippen LogP contribution in [-0.4, -0.2) is 31.1 Å². The molecule has 0 radical (unpaired) electrons. The summed E-state index contributed by atoms with van der Waals surface area (Å²) < 4.78 is 23.9. The van der Waals surface area contributed by atoms with E-state index in [1.54, 1.807) is 12.1 Å². The summed E-state index contributed by atoms with van der Waals surface area (Å²) in [4.78, 5) is 0. The minimum atomic E-state index is -1.89. The summed E-state index contributed by atoms with van der Waals surface area (Å²) in [6.07, 6.45) is 1.88. The van der Waals surface area contributed by atoms with E-state index in [4.69, 9.17) is 9.47 Å². The van der Waals surface area contributed by atoms with Gasteiger partial charge in [0.15, 0.2) is 6.79 Å². The Labute approximate surface area is 99.1 Å². The van der Waals surface area contributed by atoms with Crippen LogP contribution in [0.4, 0.5) is 4.39 Å². The van der Waals surface area contributed by atoms with Gasteiger partial charge in [-0.3, -0.25) is 0 Å². The van der Waals surface area contributed by atoms with E-state index in [0.29, 0.717) is 5.56 Å². The van der Waals surface area contributed by atoms with Gasteiger partial charge in [-0.05, 0) is 30.4 Å². The molecule has 1 aromatic rings. The number of benzene rings is 1. The van der Waals surface area contributed by atoms with Crippen molar-refractivity contribution in [3.8, 4) is 5.75 Å². The summed E-state index contributed by atoms with van der Waals surface area (Å²) >= 11 is 0. The largest absolute Gasteiger partial charge is 0.495 e. The molecule has 0 saturated heterocycles. The molecule has 2 N–H and O–H groups in total. The van der Waals surface area contributed by atoms with E-state index in [1.165, 1.54) is 7.11 Å². The molecule has 92 valence electrons. The molecule has 1 saturated carbocycles. The topological polar surface area (TPSA) is 58.9 Å². The Morgan fingerprint density at radius 1 is 1.41 bits per heavy atom. The highest BCUT2D eigenvalue weighted by Crippen LogP contribution is 2.41. The third-order valence-electron chi connectivity index (χ3n) is 2.78. The SMILES string of the molecule is COCOc1ccc(C2CC2)c(F)c1B(O)O. The summed E-state index contributed by atoms with van der Waals surface area (Å²) in [7, 11) is -0.454. The van der Waals surface area contributed by atoms with Crippen LogP contribution in [-0.2, 0) is 4.74 Å². The molecule has 0 bridgehead atoms. The van der Waals surface area contributed by atoms with Crippen molar-refractivity contribution < 1.29 is 23.9 Å². The van der Waals surface area contributed by atoms with Crippen molar-refractivity contribution in [1.82, 2.24) is 0 Å². The van der Waals surface area contributed by atoms with E-state index < -0.39 is 12.9 Å². The maximum absolute atomic E-state index is 14.1. The van der Waals surface area contributed by atoms with E-state index in [9.17, 15) is 14.4 Å². The van der Waals surface area contributed by atoms with E-state index >= 15 is 0 Å². The highest BCUT2D eigenvalue weighted by molar-refractivity contribution is 6.59. The Morgan fingerprint density at radius 2 is 2.12 bits per heavy atom. The van der Waals surface area contributed by atoms with E-state index in [2.05, 4.69) is 0 Å². The maximum atomic E-state index is 14.1. The molecular weight excluding hydrogens is 226 g/mol. The lowest BCUT2D eigenvalue weighted by Gasteiger charge is -2.13. The number of ether oxygens (including phenoxy) is 2. The second-order valence-corrected chi connectivity index (χ2v) is 4.08. The first-order chi connectivity index (χ1) is 8.15. The van der Waals surface area contributed by atoms with Crippen molar-refractivity contribution in [3.05, 3.63) is 23.5 Å². The zero-order valence-electron chi connectivity index (χ0n) is 9.52. The van der Waals surface area contributed by atoms with E-state index in [0.717, 1.165) is 12.8 Å². The van der Waals surface area contributed by atoms with Crippen LogP contribution >= 0.6 is 0 Å². The Balaban J connectivity index is 2.35. The van der Waals surface area contributed by atoms with Crippen molar-refractivity contribution in [2.24, 2.45) is 0 Å². The average Bonchev–Trinajstić information content (AvgIpc) is 3.09. The summed E-state index contributed by atoms with van der Waals surface area (Å²) in [5.74, 6) is -0.288. The third kappa shape index (κ3) is 2.59. The molecule has 2 rings (SSSR count). The van der Waals surface area contributed by atoms with Gasteiger partial charge in [-0.25, -0.2) is 4.39 Å². The molecular formula is C11H14BFO4. The lowest BCUT2D eigenvalue weighted by atomic mass is 9.77. The van der Waals surface area contributed by atoms with Crippen LogP contribution in [0.3, 0.4) is 0 Å². The number of rotatable bonds is 5. The van der Waals surface area contributed by atoms with Gasteiger partial charge in [-0.15, -0.1) is 0 Å². The van der Waals surface area contributed by atoms with Crippen molar-refractivity contribution in [2.45, 2.75) is 18.8 Å². The van der Waals surface area contributed by atoms with Gasteiger partial charge < -0.3 is 19.5 Å². The molecule has 0 atom stereocenters. The minimum absolute atomic E-state index is 0.0675. The zero-order chi connectivity index (χ0) is 12.4. The fraction of sp³-hybridized carbons (Fsp3) is 0.455. The van der Waals surface area contributed by atoms with Gasteiger partial charge in [0.1, 0.15) is 11.6 Å². The Morgan fingerprint density at radius 3 is 2.65 bits per heavy atom. The van der Waals surface area contributed by atoms with Crippen LogP contribution < -0.4 is 10.2 Å². The lowest BCUT2D eigenvalue weighted by Crippen LogP contribution is -2.35. The van der Waals surface area contributed by atoms with Gasteiger partial charge in [0, 0.05) is 7.11 Å². The Bertz CT molecular complexity index is 407. The van der Waals surface area contributed by atoms with Crippen LogP contribution in [0.2, 0.25) is 0 Å². The van der Waals surface area contributed by atoms with Gasteiger partial charge in [-0.2, -0.15) is 0 Å². The summed E-state index contributed by atoms with van der Waals surface area (Å²) in [5.41, 5.74) is 0.310. The molecule has 1 aliphatic carbocycles. The molecule has 6 heteroatoms. The summed E-state index contributed by atoms with van der Waals surface area (Å²) in [5, 5.41) is 18.4. The molecule has 4 nitrogen and oxygen atoms in total. The number of hydrogen-bond donors (Lipinski definition) is 2. The molecule has 17 heavy (non-hydrogen) atoms.